The number of thiophene rings is 1. The molecule has 0 saturated heterocycles. The van der Waals surface area contributed by atoms with Crippen LogP contribution in [0.5, 0.6) is 10.8 Å². The molecule has 1 aromatic heterocycles. The van der Waals surface area contributed by atoms with Crippen molar-refractivity contribution in [1.29, 1.82) is 0 Å². The molecule has 2 aromatic rings. The van der Waals surface area contributed by atoms with Gasteiger partial charge >= 0.3 is 0 Å². The summed E-state index contributed by atoms with van der Waals surface area (Å²) in [6.07, 6.45) is 0. The summed E-state index contributed by atoms with van der Waals surface area (Å²) in [5.74, 6) is 0.791. The molecule has 2 N–H and O–H groups in total. The number of fused-ring (bicyclic) bond motifs is 1. The van der Waals surface area contributed by atoms with Gasteiger partial charge in [-0.2, -0.15) is 0 Å². The van der Waals surface area contributed by atoms with Crippen LogP contribution in [0.2, 0.25) is 0 Å². The minimum Gasteiger partial charge on any atom is -0.496 e. The molecular formula is C10H11NO2S. The summed E-state index contributed by atoms with van der Waals surface area (Å²) in [6.45, 7) is 0. The van der Waals surface area contributed by atoms with Gasteiger partial charge in [0.15, 0.2) is 5.06 Å². The number of rotatable bonds is 2. The maximum absolute atomic E-state index is 5.74. The number of nitrogen functional groups attached to an aromatic ring is 1. The van der Waals surface area contributed by atoms with Crippen molar-refractivity contribution in [3.05, 3.63) is 18.2 Å². The summed E-state index contributed by atoms with van der Waals surface area (Å²) in [6, 6.07) is 5.69. The second-order valence-corrected chi connectivity index (χ2v) is 3.95. The predicted octanol–water partition coefficient (Wildman–Crippen LogP) is 2.50. The van der Waals surface area contributed by atoms with E-state index in [4.69, 9.17) is 15.2 Å². The van der Waals surface area contributed by atoms with E-state index in [0.717, 1.165) is 20.9 Å². The largest absolute Gasteiger partial charge is 0.496 e. The molecule has 0 aliphatic rings. The SMILES string of the molecule is COc1cc2c(OC)cc(N)cc2s1. The zero-order valence-corrected chi connectivity index (χ0v) is 8.85. The number of methoxy groups -OCH3 is 2. The molecule has 1 heterocycles. The second kappa shape index (κ2) is 3.38. The molecule has 0 radical (unpaired) electrons. The van der Waals surface area contributed by atoms with Crippen LogP contribution in [0.15, 0.2) is 18.2 Å². The highest BCUT2D eigenvalue weighted by Crippen LogP contribution is 2.38. The van der Waals surface area contributed by atoms with Gasteiger partial charge in [0.05, 0.1) is 14.2 Å². The Morgan fingerprint density at radius 3 is 2.57 bits per heavy atom. The highest BCUT2D eigenvalue weighted by atomic mass is 32.1. The fourth-order valence-electron chi connectivity index (χ4n) is 1.37. The quantitative estimate of drug-likeness (QED) is 0.773. The summed E-state index contributed by atoms with van der Waals surface area (Å²) >= 11 is 1.56. The molecule has 1 aromatic carbocycles. The van der Waals surface area contributed by atoms with E-state index in [-0.39, 0.29) is 0 Å². The maximum atomic E-state index is 5.74. The summed E-state index contributed by atoms with van der Waals surface area (Å²) in [5, 5.41) is 1.91. The lowest BCUT2D eigenvalue weighted by molar-refractivity contribution is 0.418. The van der Waals surface area contributed by atoms with Crippen LogP contribution < -0.4 is 15.2 Å². The van der Waals surface area contributed by atoms with E-state index in [1.807, 2.05) is 18.2 Å². The maximum Gasteiger partial charge on any atom is 0.174 e. The molecule has 0 aliphatic heterocycles. The molecule has 4 heteroatoms. The van der Waals surface area contributed by atoms with Crippen LogP contribution in [0.3, 0.4) is 0 Å². The Labute approximate surface area is 86.1 Å². The van der Waals surface area contributed by atoms with Crippen molar-refractivity contribution in [2.24, 2.45) is 0 Å². The Morgan fingerprint density at radius 1 is 1.14 bits per heavy atom. The van der Waals surface area contributed by atoms with E-state index < -0.39 is 0 Å². The Bertz CT molecular complexity index is 464. The molecule has 0 bridgehead atoms. The second-order valence-electron chi connectivity index (χ2n) is 2.90. The van der Waals surface area contributed by atoms with Crippen LogP contribution in [0.4, 0.5) is 5.69 Å². The molecule has 0 atom stereocenters. The third-order valence-corrected chi connectivity index (χ3v) is 3.06. The van der Waals surface area contributed by atoms with Gasteiger partial charge in [0.2, 0.25) is 0 Å². The molecule has 0 spiro atoms. The first-order valence-electron chi connectivity index (χ1n) is 4.15. The Balaban J connectivity index is 2.71. The molecular weight excluding hydrogens is 198 g/mol. The van der Waals surface area contributed by atoms with Crippen molar-refractivity contribution in [2.45, 2.75) is 0 Å². The minimum absolute atomic E-state index is 0.707. The summed E-state index contributed by atoms with van der Waals surface area (Å²) in [7, 11) is 3.29. The molecule has 0 saturated carbocycles. The van der Waals surface area contributed by atoms with Crippen LogP contribution in [0.25, 0.3) is 10.1 Å². The fraction of sp³-hybridized carbons (Fsp3) is 0.200. The predicted molar refractivity (Wildman–Crippen MR) is 59.3 cm³/mol. The number of anilines is 1. The van der Waals surface area contributed by atoms with Crippen LogP contribution in [-0.4, -0.2) is 14.2 Å². The monoisotopic (exact) mass is 209 g/mol. The molecule has 0 aliphatic carbocycles. The van der Waals surface area contributed by atoms with Gasteiger partial charge in [0.25, 0.3) is 0 Å². The van der Waals surface area contributed by atoms with Gasteiger partial charge in [-0.25, -0.2) is 0 Å². The number of ether oxygens (including phenoxy) is 2. The van der Waals surface area contributed by atoms with Crippen LogP contribution in [0.1, 0.15) is 0 Å². The first-order chi connectivity index (χ1) is 6.74. The molecule has 2 rings (SSSR count). The standard InChI is InChI=1S/C10H11NO2S/c1-12-8-3-6(11)4-9-7(8)5-10(13-2)14-9/h3-5H,11H2,1-2H3. The molecule has 0 fully saturated rings. The zero-order chi connectivity index (χ0) is 10.1. The molecule has 74 valence electrons. The van der Waals surface area contributed by atoms with E-state index in [2.05, 4.69) is 0 Å². The first kappa shape index (κ1) is 9.15. The normalized spacial score (nSPS) is 10.4. The van der Waals surface area contributed by atoms with E-state index in [9.17, 15) is 0 Å². The lowest BCUT2D eigenvalue weighted by Crippen LogP contribution is -1.87. The molecule has 14 heavy (non-hydrogen) atoms. The highest BCUT2D eigenvalue weighted by molar-refractivity contribution is 7.20. The van der Waals surface area contributed by atoms with Crippen LogP contribution in [0, 0.1) is 0 Å². The topological polar surface area (TPSA) is 44.5 Å². The van der Waals surface area contributed by atoms with Crippen molar-refractivity contribution in [3.63, 3.8) is 0 Å². The Morgan fingerprint density at radius 2 is 1.93 bits per heavy atom. The fourth-order valence-corrected chi connectivity index (χ4v) is 2.31. The average Bonchev–Trinajstić information content (AvgIpc) is 2.59. The van der Waals surface area contributed by atoms with Gasteiger partial charge in [-0.05, 0) is 6.07 Å². The summed E-state index contributed by atoms with van der Waals surface area (Å²) in [4.78, 5) is 0. The molecule has 3 nitrogen and oxygen atoms in total. The van der Waals surface area contributed by atoms with E-state index in [0.29, 0.717) is 5.69 Å². The molecule has 0 amide bonds. The van der Waals surface area contributed by atoms with Crippen molar-refractivity contribution in [1.82, 2.24) is 0 Å². The van der Waals surface area contributed by atoms with Crippen LogP contribution >= 0.6 is 11.3 Å². The van der Waals surface area contributed by atoms with Crippen molar-refractivity contribution in [3.8, 4) is 10.8 Å². The van der Waals surface area contributed by atoms with Crippen molar-refractivity contribution in [2.75, 3.05) is 20.0 Å². The average molecular weight is 209 g/mol. The third kappa shape index (κ3) is 1.37. The van der Waals surface area contributed by atoms with Crippen molar-refractivity contribution < 1.29 is 9.47 Å². The van der Waals surface area contributed by atoms with Gasteiger partial charge in [-0.1, -0.05) is 11.3 Å². The van der Waals surface area contributed by atoms with Gasteiger partial charge in [-0.15, -0.1) is 0 Å². The summed E-state index contributed by atoms with van der Waals surface area (Å²) in [5.41, 5.74) is 6.44. The highest BCUT2D eigenvalue weighted by Gasteiger charge is 2.07. The van der Waals surface area contributed by atoms with Gasteiger partial charge < -0.3 is 15.2 Å². The van der Waals surface area contributed by atoms with Crippen molar-refractivity contribution >= 4 is 27.1 Å². The Kier molecular flexibility index (Phi) is 2.21. The molecule has 0 unspecified atom stereocenters. The minimum atomic E-state index is 0.707. The zero-order valence-electron chi connectivity index (χ0n) is 8.03. The van der Waals surface area contributed by atoms with E-state index in [1.165, 1.54) is 0 Å². The van der Waals surface area contributed by atoms with Crippen LogP contribution in [-0.2, 0) is 0 Å². The number of nitrogens with two attached hydrogens (primary N) is 1. The van der Waals surface area contributed by atoms with E-state index in [1.54, 1.807) is 25.6 Å². The first-order valence-corrected chi connectivity index (χ1v) is 4.97. The smallest absolute Gasteiger partial charge is 0.174 e. The van der Waals surface area contributed by atoms with E-state index >= 15 is 0 Å². The number of hydrogen-bond acceptors (Lipinski definition) is 4. The van der Waals surface area contributed by atoms with Gasteiger partial charge in [0, 0.05) is 27.9 Å². The van der Waals surface area contributed by atoms with Gasteiger partial charge in [0.1, 0.15) is 5.75 Å². The lowest BCUT2D eigenvalue weighted by atomic mass is 10.2. The summed E-state index contributed by atoms with van der Waals surface area (Å²) < 4.78 is 11.5. The third-order valence-electron chi connectivity index (χ3n) is 2.02. The van der Waals surface area contributed by atoms with Gasteiger partial charge in [-0.3, -0.25) is 0 Å². The Hall–Kier alpha value is -1.42. The number of benzene rings is 1. The lowest BCUT2D eigenvalue weighted by Gasteiger charge is -2.02. The number of hydrogen-bond donors (Lipinski definition) is 1.